The molecule has 0 bridgehead atoms. The van der Waals surface area contributed by atoms with Crippen LogP contribution < -0.4 is 10.6 Å². The molecule has 0 radical (unpaired) electrons. The molecule has 1 aromatic heterocycles. The molecule has 1 aliphatic rings. The standard InChI is InChI=1S/C17H31N5O2/c1-4-15-7-5-6-9-22(15)10-8-18-16(23)19-13-17(2,24)14-11-20-21(3)12-14/h11-12,15,24H,4-10,13H2,1-3H3,(H2,18,19,23). The highest BCUT2D eigenvalue weighted by Gasteiger charge is 2.25. The number of urea groups is 1. The van der Waals surface area contributed by atoms with Crippen molar-refractivity contribution >= 4 is 6.03 Å². The van der Waals surface area contributed by atoms with Gasteiger partial charge in [-0.3, -0.25) is 9.58 Å². The molecule has 0 aromatic carbocycles. The number of aliphatic hydroxyl groups is 1. The van der Waals surface area contributed by atoms with Gasteiger partial charge in [0.15, 0.2) is 0 Å². The fourth-order valence-electron chi connectivity index (χ4n) is 3.25. The number of hydrogen-bond donors (Lipinski definition) is 3. The molecule has 1 saturated heterocycles. The van der Waals surface area contributed by atoms with Gasteiger partial charge in [-0.15, -0.1) is 0 Å². The number of nitrogens with zero attached hydrogens (tertiary/aromatic N) is 3. The Morgan fingerprint density at radius 1 is 1.46 bits per heavy atom. The second kappa shape index (κ2) is 8.48. The van der Waals surface area contributed by atoms with Crippen molar-refractivity contribution in [3.63, 3.8) is 0 Å². The molecule has 2 unspecified atom stereocenters. The molecule has 2 amide bonds. The van der Waals surface area contributed by atoms with E-state index >= 15 is 0 Å². The van der Waals surface area contributed by atoms with E-state index in [9.17, 15) is 9.90 Å². The van der Waals surface area contributed by atoms with Gasteiger partial charge in [0.25, 0.3) is 0 Å². The van der Waals surface area contributed by atoms with Crippen LogP contribution in [0, 0.1) is 0 Å². The third-order valence-corrected chi connectivity index (χ3v) is 4.82. The van der Waals surface area contributed by atoms with E-state index in [-0.39, 0.29) is 12.6 Å². The average Bonchev–Trinajstić information content (AvgIpc) is 3.01. The number of hydrogen-bond acceptors (Lipinski definition) is 4. The Labute approximate surface area is 144 Å². The predicted molar refractivity (Wildman–Crippen MR) is 93.7 cm³/mol. The van der Waals surface area contributed by atoms with Crippen molar-refractivity contribution in [1.29, 1.82) is 0 Å². The summed E-state index contributed by atoms with van der Waals surface area (Å²) in [6, 6.07) is 0.402. The molecule has 3 N–H and O–H groups in total. The first kappa shape index (κ1) is 18.7. The van der Waals surface area contributed by atoms with Gasteiger partial charge < -0.3 is 15.7 Å². The van der Waals surface area contributed by atoms with E-state index in [1.54, 1.807) is 31.0 Å². The first-order chi connectivity index (χ1) is 11.4. The maximum atomic E-state index is 11.9. The van der Waals surface area contributed by atoms with Crippen LogP contribution in [0.15, 0.2) is 12.4 Å². The van der Waals surface area contributed by atoms with Crippen LogP contribution in [0.3, 0.4) is 0 Å². The summed E-state index contributed by atoms with van der Waals surface area (Å²) in [4.78, 5) is 14.4. The van der Waals surface area contributed by atoms with Crippen molar-refractivity contribution in [2.24, 2.45) is 7.05 Å². The molecular formula is C17H31N5O2. The summed E-state index contributed by atoms with van der Waals surface area (Å²) in [5, 5.41) is 20.1. The molecule has 0 spiro atoms. The van der Waals surface area contributed by atoms with Crippen LogP contribution in [0.4, 0.5) is 4.79 Å². The Kier molecular flexibility index (Phi) is 6.62. The quantitative estimate of drug-likeness (QED) is 0.698. The van der Waals surface area contributed by atoms with Gasteiger partial charge in [-0.25, -0.2) is 4.79 Å². The molecule has 1 aromatic rings. The zero-order valence-corrected chi connectivity index (χ0v) is 15.1. The van der Waals surface area contributed by atoms with E-state index in [1.807, 2.05) is 0 Å². The molecule has 24 heavy (non-hydrogen) atoms. The zero-order valence-electron chi connectivity index (χ0n) is 15.1. The lowest BCUT2D eigenvalue weighted by Gasteiger charge is -2.35. The van der Waals surface area contributed by atoms with E-state index < -0.39 is 5.60 Å². The minimum atomic E-state index is -1.13. The third-order valence-electron chi connectivity index (χ3n) is 4.82. The van der Waals surface area contributed by atoms with Crippen molar-refractivity contribution in [3.05, 3.63) is 18.0 Å². The summed E-state index contributed by atoms with van der Waals surface area (Å²) in [5.41, 5.74) is -0.449. The normalized spacial score (nSPS) is 21.2. The maximum Gasteiger partial charge on any atom is 0.314 e. The number of aryl methyl sites for hydroxylation is 1. The summed E-state index contributed by atoms with van der Waals surface area (Å²) < 4.78 is 1.63. The number of likely N-dealkylation sites (tertiary alicyclic amines) is 1. The van der Waals surface area contributed by atoms with Crippen LogP contribution in [-0.2, 0) is 12.6 Å². The molecule has 0 aliphatic carbocycles. The summed E-state index contributed by atoms with van der Waals surface area (Å²) in [6.45, 7) is 6.67. The van der Waals surface area contributed by atoms with Crippen molar-refractivity contribution in [2.45, 2.75) is 51.2 Å². The highest BCUT2D eigenvalue weighted by molar-refractivity contribution is 5.73. The van der Waals surface area contributed by atoms with Gasteiger partial charge in [0.2, 0.25) is 0 Å². The number of nitrogens with one attached hydrogen (secondary N) is 2. The Hall–Kier alpha value is -1.60. The number of rotatable bonds is 7. The molecule has 7 nitrogen and oxygen atoms in total. The van der Waals surface area contributed by atoms with Crippen molar-refractivity contribution in [1.82, 2.24) is 25.3 Å². The Morgan fingerprint density at radius 2 is 2.25 bits per heavy atom. The predicted octanol–water partition coefficient (Wildman–Crippen LogP) is 1.19. The van der Waals surface area contributed by atoms with E-state index in [4.69, 9.17) is 0 Å². The van der Waals surface area contributed by atoms with Crippen LogP contribution in [-0.4, -0.2) is 58.0 Å². The van der Waals surface area contributed by atoms with Crippen molar-refractivity contribution in [2.75, 3.05) is 26.2 Å². The SMILES string of the molecule is CCC1CCCCN1CCNC(=O)NCC(C)(O)c1cnn(C)c1. The highest BCUT2D eigenvalue weighted by atomic mass is 16.3. The Balaban J connectivity index is 1.69. The van der Waals surface area contributed by atoms with Crippen molar-refractivity contribution < 1.29 is 9.90 Å². The highest BCUT2D eigenvalue weighted by Crippen LogP contribution is 2.19. The molecular weight excluding hydrogens is 306 g/mol. The van der Waals surface area contributed by atoms with E-state index in [2.05, 4.69) is 27.6 Å². The summed E-state index contributed by atoms with van der Waals surface area (Å²) in [7, 11) is 1.80. The number of piperidine rings is 1. The van der Waals surface area contributed by atoms with E-state index in [0.717, 1.165) is 13.1 Å². The lowest BCUT2D eigenvalue weighted by atomic mass is 10.00. The zero-order chi connectivity index (χ0) is 17.6. The van der Waals surface area contributed by atoms with Crippen LogP contribution >= 0.6 is 0 Å². The van der Waals surface area contributed by atoms with Gasteiger partial charge in [-0.2, -0.15) is 5.10 Å². The molecule has 2 heterocycles. The first-order valence-corrected chi connectivity index (χ1v) is 8.89. The largest absolute Gasteiger partial charge is 0.383 e. The van der Waals surface area contributed by atoms with Gasteiger partial charge >= 0.3 is 6.03 Å². The van der Waals surface area contributed by atoms with E-state index in [0.29, 0.717) is 18.2 Å². The Morgan fingerprint density at radius 3 is 2.92 bits per heavy atom. The second-order valence-electron chi connectivity index (χ2n) is 6.88. The molecule has 7 heteroatoms. The summed E-state index contributed by atoms with van der Waals surface area (Å²) in [6.07, 6.45) is 8.35. The number of aromatic nitrogens is 2. The average molecular weight is 337 g/mol. The van der Waals surface area contributed by atoms with Crippen LogP contribution in [0.2, 0.25) is 0 Å². The van der Waals surface area contributed by atoms with Crippen molar-refractivity contribution in [3.8, 4) is 0 Å². The molecule has 2 atom stereocenters. The minimum Gasteiger partial charge on any atom is -0.383 e. The van der Waals surface area contributed by atoms with Gasteiger partial charge in [0.1, 0.15) is 5.60 Å². The molecule has 2 rings (SSSR count). The van der Waals surface area contributed by atoms with Gasteiger partial charge in [-0.05, 0) is 32.7 Å². The van der Waals surface area contributed by atoms with Crippen LogP contribution in [0.1, 0.15) is 45.1 Å². The molecule has 0 saturated carbocycles. The number of carbonyl (C=O) groups is 1. The summed E-state index contributed by atoms with van der Waals surface area (Å²) >= 11 is 0. The van der Waals surface area contributed by atoms with Gasteiger partial charge in [0.05, 0.1) is 12.7 Å². The fraction of sp³-hybridized carbons (Fsp3) is 0.765. The van der Waals surface area contributed by atoms with Gasteiger partial charge in [-0.1, -0.05) is 13.3 Å². The monoisotopic (exact) mass is 337 g/mol. The third kappa shape index (κ3) is 5.21. The second-order valence-corrected chi connectivity index (χ2v) is 6.88. The fourth-order valence-corrected chi connectivity index (χ4v) is 3.25. The minimum absolute atomic E-state index is 0.145. The lowest BCUT2D eigenvalue weighted by molar-refractivity contribution is 0.0592. The molecule has 1 fully saturated rings. The maximum absolute atomic E-state index is 11.9. The number of carbonyl (C=O) groups excluding carboxylic acids is 1. The van der Waals surface area contributed by atoms with Gasteiger partial charge in [0, 0.05) is 37.9 Å². The first-order valence-electron chi connectivity index (χ1n) is 8.89. The van der Waals surface area contributed by atoms with Crippen LogP contribution in [0.5, 0.6) is 0 Å². The molecule has 1 aliphatic heterocycles. The topological polar surface area (TPSA) is 82.4 Å². The van der Waals surface area contributed by atoms with E-state index in [1.165, 1.54) is 25.7 Å². The number of amides is 2. The Bertz CT molecular complexity index is 529. The summed E-state index contributed by atoms with van der Waals surface area (Å²) in [5.74, 6) is 0. The smallest absolute Gasteiger partial charge is 0.314 e. The van der Waals surface area contributed by atoms with Crippen LogP contribution in [0.25, 0.3) is 0 Å². The molecule has 136 valence electrons. The lowest BCUT2D eigenvalue weighted by Crippen LogP contribution is -2.47.